The smallest absolute Gasteiger partial charge is 0.266 e. The second-order valence-electron chi connectivity index (χ2n) is 6.11. The molecule has 0 spiro atoms. The van der Waals surface area contributed by atoms with Crippen molar-refractivity contribution < 1.29 is 9.53 Å². The minimum atomic E-state index is -0.586. The summed E-state index contributed by atoms with van der Waals surface area (Å²) in [5.74, 6) is 1.54. The van der Waals surface area contributed by atoms with Crippen LogP contribution in [0.15, 0.2) is 22.5 Å². The van der Waals surface area contributed by atoms with Gasteiger partial charge in [-0.2, -0.15) is 0 Å². The molecule has 0 radical (unpaired) electrons. The number of carbonyl (C=O) groups excluding carboxylic acids is 1. The Balaban J connectivity index is 1.56. The van der Waals surface area contributed by atoms with Crippen molar-refractivity contribution in [1.29, 1.82) is 0 Å². The van der Waals surface area contributed by atoms with Gasteiger partial charge in [-0.3, -0.25) is 10.1 Å². The third kappa shape index (κ3) is 4.95. The van der Waals surface area contributed by atoms with Gasteiger partial charge in [0.1, 0.15) is 5.75 Å². The Morgan fingerprint density at radius 1 is 1.32 bits per heavy atom. The molecule has 7 heteroatoms. The fourth-order valence-electron chi connectivity index (χ4n) is 2.76. The van der Waals surface area contributed by atoms with Crippen LogP contribution >= 0.6 is 23.1 Å². The van der Waals surface area contributed by atoms with Crippen LogP contribution in [0.25, 0.3) is 0 Å². The van der Waals surface area contributed by atoms with Crippen molar-refractivity contribution in [3.8, 4) is 5.75 Å². The van der Waals surface area contributed by atoms with Crippen molar-refractivity contribution in [2.24, 2.45) is 0 Å². The van der Waals surface area contributed by atoms with Crippen molar-refractivity contribution in [2.45, 2.75) is 56.4 Å². The summed E-state index contributed by atoms with van der Waals surface area (Å²) in [4.78, 5) is 12.3. The number of rotatable bonds is 7. The van der Waals surface area contributed by atoms with Gasteiger partial charge in [0.15, 0.2) is 10.4 Å². The first-order chi connectivity index (χ1) is 12.2. The Hall–Kier alpha value is -1.60. The lowest BCUT2D eigenvalue weighted by Crippen LogP contribution is -2.30. The molecule has 3 rings (SSSR count). The van der Waals surface area contributed by atoms with Gasteiger partial charge < -0.3 is 4.74 Å². The van der Waals surface area contributed by atoms with E-state index < -0.39 is 6.10 Å². The van der Waals surface area contributed by atoms with E-state index in [9.17, 15) is 4.79 Å². The molecular formula is C18H23N3O2S2. The van der Waals surface area contributed by atoms with E-state index in [2.05, 4.69) is 34.6 Å². The summed E-state index contributed by atoms with van der Waals surface area (Å²) in [7, 11) is 0. The van der Waals surface area contributed by atoms with E-state index in [-0.39, 0.29) is 5.91 Å². The van der Waals surface area contributed by atoms with Crippen LogP contribution in [-0.4, -0.2) is 28.0 Å². The third-order valence-electron chi connectivity index (χ3n) is 4.07. The number of aromatic nitrogens is 2. The first-order valence-electron chi connectivity index (χ1n) is 8.71. The zero-order valence-corrected chi connectivity index (χ0v) is 16.2. The second kappa shape index (κ2) is 8.67. The molecule has 0 bridgehead atoms. The number of carbonyl (C=O) groups is 1. The van der Waals surface area contributed by atoms with E-state index in [1.807, 2.05) is 6.07 Å². The number of hydrogen-bond donors (Lipinski definition) is 1. The van der Waals surface area contributed by atoms with Gasteiger partial charge in [0.05, 0.1) is 0 Å². The summed E-state index contributed by atoms with van der Waals surface area (Å²) < 4.78 is 6.70. The average Bonchev–Trinajstić information content (AvgIpc) is 3.07. The van der Waals surface area contributed by atoms with E-state index in [1.165, 1.54) is 35.3 Å². The van der Waals surface area contributed by atoms with Gasteiger partial charge >= 0.3 is 0 Å². The number of benzene rings is 1. The molecule has 2 aromatic rings. The molecule has 1 aromatic heterocycles. The highest BCUT2D eigenvalue weighted by atomic mass is 32.2. The lowest BCUT2D eigenvalue weighted by molar-refractivity contribution is -0.122. The Kier molecular flexibility index (Phi) is 6.31. The van der Waals surface area contributed by atoms with Crippen LogP contribution in [0.1, 0.15) is 44.2 Å². The molecule has 1 aromatic carbocycles. The van der Waals surface area contributed by atoms with Crippen molar-refractivity contribution in [3.05, 3.63) is 29.3 Å². The third-order valence-corrected chi connectivity index (χ3v) is 6.25. The maximum absolute atomic E-state index is 12.3. The number of nitrogens with one attached hydrogen (secondary N) is 1. The summed E-state index contributed by atoms with van der Waals surface area (Å²) >= 11 is 3.05. The quantitative estimate of drug-likeness (QED) is 0.575. The van der Waals surface area contributed by atoms with Gasteiger partial charge in [0, 0.05) is 5.75 Å². The molecule has 0 saturated heterocycles. The summed E-state index contributed by atoms with van der Waals surface area (Å²) in [6.45, 7) is 3.87. The molecule has 0 fully saturated rings. The van der Waals surface area contributed by atoms with E-state index in [1.54, 1.807) is 18.7 Å². The summed E-state index contributed by atoms with van der Waals surface area (Å²) in [5.41, 5.74) is 2.75. The molecule has 25 heavy (non-hydrogen) atoms. The van der Waals surface area contributed by atoms with Crippen LogP contribution in [0.2, 0.25) is 0 Å². The maximum atomic E-state index is 12.3. The first kappa shape index (κ1) is 18.2. The second-order valence-corrected chi connectivity index (χ2v) is 8.43. The highest BCUT2D eigenvalue weighted by molar-refractivity contribution is 8.01. The molecule has 134 valence electrons. The number of fused-ring (bicyclic) bond motifs is 1. The van der Waals surface area contributed by atoms with Gasteiger partial charge in [-0.1, -0.05) is 36.1 Å². The van der Waals surface area contributed by atoms with Crippen LogP contribution in [0.5, 0.6) is 5.75 Å². The van der Waals surface area contributed by atoms with Crippen molar-refractivity contribution in [2.75, 3.05) is 11.1 Å². The molecule has 1 aliphatic rings. The first-order valence-corrected chi connectivity index (χ1v) is 10.5. The van der Waals surface area contributed by atoms with Gasteiger partial charge in [-0.25, -0.2) is 0 Å². The van der Waals surface area contributed by atoms with Crippen molar-refractivity contribution >= 4 is 34.1 Å². The zero-order valence-electron chi connectivity index (χ0n) is 14.6. The highest BCUT2D eigenvalue weighted by Crippen LogP contribution is 2.27. The summed E-state index contributed by atoms with van der Waals surface area (Å²) in [6.07, 6.45) is 5.21. The normalized spacial score (nSPS) is 14.6. The van der Waals surface area contributed by atoms with Gasteiger partial charge in [0.2, 0.25) is 5.13 Å². The molecule has 1 heterocycles. The van der Waals surface area contributed by atoms with Crippen LogP contribution in [-0.2, 0) is 17.6 Å². The van der Waals surface area contributed by atoms with Gasteiger partial charge in [0.25, 0.3) is 5.91 Å². The molecule has 0 aliphatic heterocycles. The average molecular weight is 378 g/mol. The minimum Gasteiger partial charge on any atom is -0.481 e. The zero-order chi connectivity index (χ0) is 17.6. The molecule has 1 amide bonds. The SMILES string of the molecule is CCCSc1nnc(NC(=O)[C@@H](C)Oc2ccc3c(c2)CCCC3)s1. The molecule has 5 nitrogen and oxygen atoms in total. The number of amides is 1. The number of hydrogen-bond acceptors (Lipinski definition) is 6. The van der Waals surface area contributed by atoms with Crippen molar-refractivity contribution in [1.82, 2.24) is 10.2 Å². The Labute approximate surface area is 156 Å². The number of anilines is 1. The summed E-state index contributed by atoms with van der Waals surface area (Å²) in [6, 6.07) is 6.15. The predicted octanol–water partition coefficient (Wildman–Crippen LogP) is 4.33. The Morgan fingerprint density at radius 2 is 2.12 bits per heavy atom. The highest BCUT2D eigenvalue weighted by Gasteiger charge is 2.18. The lowest BCUT2D eigenvalue weighted by atomic mass is 9.92. The number of ether oxygens (including phenoxy) is 1. The standard InChI is InChI=1S/C18H23N3O2S2/c1-3-10-24-18-21-20-17(25-18)19-16(22)12(2)23-15-9-8-13-6-4-5-7-14(13)11-15/h8-9,11-12H,3-7,10H2,1-2H3,(H,19,20,22)/t12-/m1/s1. The largest absolute Gasteiger partial charge is 0.481 e. The monoisotopic (exact) mass is 377 g/mol. The Bertz CT molecular complexity index is 733. The number of thioether (sulfide) groups is 1. The summed E-state index contributed by atoms with van der Waals surface area (Å²) in [5, 5.41) is 11.4. The van der Waals surface area contributed by atoms with Crippen LogP contribution in [0.4, 0.5) is 5.13 Å². The van der Waals surface area contributed by atoms with Crippen molar-refractivity contribution in [3.63, 3.8) is 0 Å². The number of aryl methyl sites for hydroxylation is 2. The number of nitrogens with zero attached hydrogens (tertiary/aromatic N) is 2. The molecule has 1 atom stereocenters. The fourth-order valence-corrected chi connectivity index (χ4v) is 4.44. The fraction of sp³-hybridized carbons (Fsp3) is 0.500. The topological polar surface area (TPSA) is 64.1 Å². The predicted molar refractivity (Wildman–Crippen MR) is 103 cm³/mol. The van der Waals surface area contributed by atoms with Gasteiger partial charge in [-0.15, -0.1) is 10.2 Å². The van der Waals surface area contributed by atoms with E-state index in [0.717, 1.165) is 35.1 Å². The lowest BCUT2D eigenvalue weighted by Gasteiger charge is -2.18. The van der Waals surface area contributed by atoms with Crippen LogP contribution in [0, 0.1) is 0 Å². The van der Waals surface area contributed by atoms with E-state index >= 15 is 0 Å². The molecule has 1 aliphatic carbocycles. The Morgan fingerprint density at radius 3 is 2.92 bits per heavy atom. The maximum Gasteiger partial charge on any atom is 0.266 e. The molecule has 0 unspecified atom stereocenters. The van der Waals surface area contributed by atoms with E-state index in [4.69, 9.17) is 4.74 Å². The minimum absolute atomic E-state index is 0.207. The molecule has 1 N–H and O–H groups in total. The molecular weight excluding hydrogens is 354 g/mol. The van der Waals surface area contributed by atoms with E-state index in [0.29, 0.717) is 5.13 Å². The van der Waals surface area contributed by atoms with Crippen LogP contribution < -0.4 is 10.1 Å². The van der Waals surface area contributed by atoms with Crippen LogP contribution in [0.3, 0.4) is 0 Å². The molecule has 0 saturated carbocycles. The van der Waals surface area contributed by atoms with Gasteiger partial charge in [-0.05, 0) is 62.3 Å².